The Balaban J connectivity index is 1.69. The molecule has 1 aliphatic heterocycles. The Labute approximate surface area is 207 Å². The molecule has 0 saturated carbocycles. The Bertz CT molecular complexity index is 1560. The lowest BCUT2D eigenvalue weighted by Gasteiger charge is -2.32. The molecule has 5 heterocycles. The van der Waals surface area contributed by atoms with E-state index in [9.17, 15) is 9.90 Å². The molecule has 1 atom stereocenters. The van der Waals surface area contributed by atoms with Crippen LogP contribution in [0.5, 0.6) is 0 Å². The number of aromatic nitrogens is 4. The maximum atomic E-state index is 11.9. The van der Waals surface area contributed by atoms with E-state index in [2.05, 4.69) is 32.9 Å². The number of nitrogens with zero attached hydrogens (tertiary/aromatic N) is 4. The average molecular weight is 483 g/mol. The molecule has 0 amide bonds. The van der Waals surface area contributed by atoms with Gasteiger partial charge in [0.25, 0.3) is 0 Å². The monoisotopic (exact) mass is 482 g/mol. The quantitative estimate of drug-likeness (QED) is 0.349. The number of hydrogen-bond donors (Lipinski definition) is 1. The number of hydrogen-bond acceptors (Lipinski definition) is 6. The molecule has 182 valence electrons. The second kappa shape index (κ2) is 8.87. The number of rotatable bonds is 5. The molecule has 6 rings (SSSR count). The Kier molecular flexibility index (Phi) is 5.53. The van der Waals surface area contributed by atoms with E-state index < -0.39 is 5.97 Å². The lowest BCUT2D eigenvalue weighted by atomic mass is 9.86. The summed E-state index contributed by atoms with van der Waals surface area (Å²) in [6.07, 6.45) is 3.63. The standard InChI is InChI=1S/C28H26N4O4/c1-16-24(17(2)36-31-16)20-14-23-25(29-15-20)21-8-9-22(28(33)34)30-27(21)32(23)26(18-6-4-3-5-7-18)19-10-12-35-13-11-19/h3-9,14-15,19,26H,10-13H2,1-2H3,(H,33,34)/t26-/m0/s1. The largest absolute Gasteiger partial charge is 0.477 e. The van der Waals surface area contributed by atoms with E-state index in [4.69, 9.17) is 14.2 Å². The molecule has 1 aliphatic rings. The summed E-state index contributed by atoms with van der Waals surface area (Å²) in [7, 11) is 0. The number of ether oxygens (including phenoxy) is 1. The van der Waals surface area contributed by atoms with Gasteiger partial charge < -0.3 is 18.9 Å². The number of aromatic carboxylic acids is 1. The second-order valence-electron chi connectivity index (χ2n) is 9.34. The van der Waals surface area contributed by atoms with Gasteiger partial charge in [0, 0.05) is 35.9 Å². The van der Waals surface area contributed by atoms with E-state index in [-0.39, 0.29) is 17.7 Å². The number of carboxylic acid groups (broad SMARTS) is 1. The Morgan fingerprint density at radius 3 is 2.58 bits per heavy atom. The fraction of sp³-hybridized carbons (Fsp3) is 0.286. The predicted molar refractivity (Wildman–Crippen MR) is 135 cm³/mol. The highest BCUT2D eigenvalue weighted by Crippen LogP contribution is 2.41. The molecule has 36 heavy (non-hydrogen) atoms. The van der Waals surface area contributed by atoms with E-state index in [0.29, 0.717) is 18.9 Å². The normalized spacial score (nSPS) is 15.5. The highest BCUT2D eigenvalue weighted by molar-refractivity contribution is 6.06. The van der Waals surface area contributed by atoms with Crippen LogP contribution in [0.4, 0.5) is 0 Å². The molecule has 0 bridgehead atoms. The van der Waals surface area contributed by atoms with Crippen LogP contribution in [-0.4, -0.2) is 44.0 Å². The molecule has 0 spiro atoms. The van der Waals surface area contributed by atoms with E-state index in [1.165, 1.54) is 0 Å². The highest BCUT2D eigenvalue weighted by atomic mass is 16.5. The first kappa shape index (κ1) is 22.4. The summed E-state index contributed by atoms with van der Waals surface area (Å²) >= 11 is 0. The molecule has 0 unspecified atom stereocenters. The van der Waals surface area contributed by atoms with Crippen molar-refractivity contribution in [3.8, 4) is 11.1 Å². The van der Waals surface area contributed by atoms with E-state index in [1.807, 2.05) is 44.3 Å². The third-order valence-electron chi connectivity index (χ3n) is 7.16. The van der Waals surface area contributed by atoms with Gasteiger partial charge in [-0.25, -0.2) is 9.78 Å². The van der Waals surface area contributed by atoms with Crippen LogP contribution in [0.2, 0.25) is 0 Å². The number of fused-ring (bicyclic) bond motifs is 3. The number of aryl methyl sites for hydroxylation is 2. The lowest BCUT2D eigenvalue weighted by molar-refractivity contribution is 0.0552. The van der Waals surface area contributed by atoms with Crippen molar-refractivity contribution < 1.29 is 19.2 Å². The summed E-state index contributed by atoms with van der Waals surface area (Å²) in [6, 6.07) is 15.8. The van der Waals surface area contributed by atoms with Crippen molar-refractivity contribution in [2.24, 2.45) is 5.92 Å². The summed E-state index contributed by atoms with van der Waals surface area (Å²) in [6.45, 7) is 5.20. The third-order valence-corrected chi connectivity index (χ3v) is 7.16. The summed E-state index contributed by atoms with van der Waals surface area (Å²) in [5.74, 6) is -0.0370. The van der Waals surface area contributed by atoms with Gasteiger partial charge in [-0.15, -0.1) is 0 Å². The molecule has 4 aromatic heterocycles. The van der Waals surface area contributed by atoms with Gasteiger partial charge in [0.15, 0.2) is 5.69 Å². The fourth-order valence-electron chi connectivity index (χ4n) is 5.52. The van der Waals surface area contributed by atoms with Crippen molar-refractivity contribution in [1.82, 2.24) is 19.7 Å². The van der Waals surface area contributed by atoms with Crippen LogP contribution in [-0.2, 0) is 4.74 Å². The SMILES string of the molecule is Cc1noc(C)c1-c1cnc2c3ccc(C(=O)O)nc3n([C@@H](c3ccccc3)C3CCOCC3)c2c1. The summed E-state index contributed by atoms with van der Waals surface area (Å²) in [5, 5.41) is 14.7. The molecule has 0 aliphatic carbocycles. The molecule has 1 saturated heterocycles. The minimum absolute atomic E-state index is 0.0105. The molecular weight excluding hydrogens is 456 g/mol. The van der Waals surface area contributed by atoms with Crippen LogP contribution in [0.25, 0.3) is 33.2 Å². The van der Waals surface area contributed by atoms with Crippen LogP contribution in [0.15, 0.2) is 59.3 Å². The molecule has 1 aromatic carbocycles. The first-order valence-corrected chi connectivity index (χ1v) is 12.1. The molecule has 5 aromatic rings. The molecule has 1 fully saturated rings. The molecule has 0 radical (unpaired) electrons. The highest BCUT2D eigenvalue weighted by Gasteiger charge is 2.31. The van der Waals surface area contributed by atoms with Crippen molar-refractivity contribution in [2.45, 2.75) is 32.7 Å². The molecule has 8 heteroatoms. The van der Waals surface area contributed by atoms with E-state index >= 15 is 0 Å². The second-order valence-corrected chi connectivity index (χ2v) is 9.34. The average Bonchev–Trinajstić information content (AvgIpc) is 3.41. The van der Waals surface area contributed by atoms with Gasteiger partial charge >= 0.3 is 5.97 Å². The Morgan fingerprint density at radius 2 is 1.89 bits per heavy atom. The van der Waals surface area contributed by atoms with Crippen molar-refractivity contribution in [3.63, 3.8) is 0 Å². The van der Waals surface area contributed by atoms with Gasteiger partial charge in [-0.05, 0) is 56.4 Å². The van der Waals surface area contributed by atoms with Crippen LogP contribution in [0.3, 0.4) is 0 Å². The Hall–Kier alpha value is -4.04. The number of pyridine rings is 2. The smallest absolute Gasteiger partial charge is 0.354 e. The molecule has 1 N–H and O–H groups in total. The first-order valence-electron chi connectivity index (χ1n) is 12.1. The maximum absolute atomic E-state index is 11.9. The van der Waals surface area contributed by atoms with Crippen LogP contribution in [0.1, 0.15) is 46.4 Å². The maximum Gasteiger partial charge on any atom is 0.354 e. The summed E-state index contributed by atoms with van der Waals surface area (Å²) < 4.78 is 13.3. The third kappa shape index (κ3) is 3.65. The number of carboxylic acids is 1. The van der Waals surface area contributed by atoms with Crippen LogP contribution >= 0.6 is 0 Å². The number of benzene rings is 1. The first-order chi connectivity index (χ1) is 17.5. The predicted octanol–water partition coefficient (Wildman–Crippen LogP) is 5.57. The zero-order chi connectivity index (χ0) is 24.8. The zero-order valence-corrected chi connectivity index (χ0v) is 20.1. The minimum Gasteiger partial charge on any atom is -0.477 e. The van der Waals surface area contributed by atoms with Crippen LogP contribution in [0, 0.1) is 19.8 Å². The van der Waals surface area contributed by atoms with Gasteiger partial charge in [-0.1, -0.05) is 35.5 Å². The van der Waals surface area contributed by atoms with Gasteiger partial charge in [0.1, 0.15) is 11.4 Å². The van der Waals surface area contributed by atoms with Gasteiger partial charge in [0.05, 0.1) is 22.8 Å². The van der Waals surface area contributed by atoms with Gasteiger partial charge in [-0.3, -0.25) is 4.98 Å². The van der Waals surface area contributed by atoms with Crippen LogP contribution < -0.4 is 0 Å². The van der Waals surface area contributed by atoms with Gasteiger partial charge in [0.2, 0.25) is 0 Å². The summed E-state index contributed by atoms with van der Waals surface area (Å²) in [5.41, 5.74) is 6.09. The van der Waals surface area contributed by atoms with Crippen molar-refractivity contribution in [3.05, 3.63) is 77.4 Å². The topological polar surface area (TPSA) is 103 Å². The zero-order valence-electron chi connectivity index (χ0n) is 20.1. The minimum atomic E-state index is -1.06. The Morgan fingerprint density at radius 1 is 1.11 bits per heavy atom. The van der Waals surface area contributed by atoms with E-state index in [0.717, 1.165) is 57.4 Å². The van der Waals surface area contributed by atoms with E-state index in [1.54, 1.807) is 6.07 Å². The lowest BCUT2D eigenvalue weighted by Crippen LogP contribution is -2.27. The fourth-order valence-corrected chi connectivity index (χ4v) is 5.52. The summed E-state index contributed by atoms with van der Waals surface area (Å²) in [4.78, 5) is 21.4. The molecular formula is C28H26N4O4. The van der Waals surface area contributed by atoms with Gasteiger partial charge in [-0.2, -0.15) is 0 Å². The number of carbonyl (C=O) groups is 1. The van der Waals surface area contributed by atoms with Crippen molar-refractivity contribution in [2.75, 3.05) is 13.2 Å². The van der Waals surface area contributed by atoms with Crippen molar-refractivity contribution in [1.29, 1.82) is 0 Å². The molecule has 8 nitrogen and oxygen atoms in total. The van der Waals surface area contributed by atoms with Crippen molar-refractivity contribution >= 4 is 28.0 Å².